The van der Waals surface area contributed by atoms with E-state index in [9.17, 15) is 4.79 Å². The zero-order valence-electron chi connectivity index (χ0n) is 18.6. The van der Waals surface area contributed by atoms with Gasteiger partial charge in [0.1, 0.15) is 5.75 Å². The van der Waals surface area contributed by atoms with Gasteiger partial charge in [0.05, 0.1) is 37.6 Å². The Morgan fingerprint density at radius 2 is 2.03 bits per heavy atom. The first kappa shape index (κ1) is 20.9. The highest BCUT2D eigenvalue weighted by atomic mass is 16.5. The molecule has 0 N–H and O–H groups in total. The largest absolute Gasteiger partial charge is 0.497 e. The minimum absolute atomic E-state index is 0.212. The standard InChI is InChI=1S/C25H30N4O3/c1-31-22-6-4-20(5-7-22)25(8-2-3-9-25)24(30)29-12-13-32-18-19(16-29)14-21-17-28-11-10-26-23(28)15-27-21/h4-7,10-11,15,17,19H,2-3,8-9,12-14,16,18H2,1H3/t19-/m1/s1. The van der Waals surface area contributed by atoms with Crippen LogP contribution < -0.4 is 4.74 Å². The van der Waals surface area contributed by atoms with Crippen molar-refractivity contribution in [1.29, 1.82) is 0 Å². The maximum Gasteiger partial charge on any atom is 0.233 e. The number of amides is 1. The Morgan fingerprint density at radius 3 is 2.81 bits per heavy atom. The lowest BCUT2D eigenvalue weighted by Crippen LogP contribution is -2.47. The van der Waals surface area contributed by atoms with Crippen molar-refractivity contribution in [3.05, 3.63) is 60.3 Å². The molecule has 1 aromatic carbocycles. The second-order valence-electron chi connectivity index (χ2n) is 8.99. The lowest BCUT2D eigenvalue weighted by atomic mass is 9.77. The molecule has 1 atom stereocenters. The number of aromatic nitrogens is 3. The van der Waals surface area contributed by atoms with Crippen molar-refractivity contribution in [3.63, 3.8) is 0 Å². The number of carbonyl (C=O) groups excluding carboxylic acids is 1. The summed E-state index contributed by atoms with van der Waals surface area (Å²) < 4.78 is 13.2. The molecule has 1 aliphatic carbocycles. The fourth-order valence-electron chi connectivity index (χ4n) is 5.28. The van der Waals surface area contributed by atoms with E-state index >= 15 is 0 Å². The second kappa shape index (κ2) is 8.90. The van der Waals surface area contributed by atoms with Gasteiger partial charge in [-0.25, -0.2) is 4.98 Å². The maximum atomic E-state index is 14.0. The van der Waals surface area contributed by atoms with E-state index in [1.54, 1.807) is 19.5 Å². The third-order valence-electron chi connectivity index (χ3n) is 6.96. The predicted molar refractivity (Wildman–Crippen MR) is 121 cm³/mol. The summed E-state index contributed by atoms with van der Waals surface area (Å²) in [7, 11) is 1.67. The minimum Gasteiger partial charge on any atom is -0.497 e. The second-order valence-corrected chi connectivity index (χ2v) is 8.99. The number of imidazole rings is 1. The molecular formula is C25H30N4O3. The molecule has 1 amide bonds. The zero-order chi connectivity index (χ0) is 22.0. The van der Waals surface area contributed by atoms with Crippen LogP contribution in [-0.4, -0.2) is 58.6 Å². The fourth-order valence-corrected chi connectivity index (χ4v) is 5.28. The van der Waals surface area contributed by atoms with E-state index in [-0.39, 0.29) is 11.8 Å². The van der Waals surface area contributed by atoms with Crippen LogP contribution in [0.25, 0.3) is 5.65 Å². The van der Waals surface area contributed by atoms with E-state index in [2.05, 4.69) is 22.1 Å². The van der Waals surface area contributed by atoms with Gasteiger partial charge in [-0.15, -0.1) is 0 Å². The zero-order valence-corrected chi connectivity index (χ0v) is 18.6. The molecular weight excluding hydrogens is 404 g/mol. The molecule has 3 heterocycles. The summed E-state index contributed by atoms with van der Waals surface area (Å²) in [5.74, 6) is 1.28. The lowest BCUT2D eigenvalue weighted by molar-refractivity contribution is -0.137. The quantitative estimate of drug-likeness (QED) is 0.617. The van der Waals surface area contributed by atoms with Crippen molar-refractivity contribution >= 4 is 11.6 Å². The van der Waals surface area contributed by atoms with Crippen molar-refractivity contribution in [2.45, 2.75) is 37.5 Å². The van der Waals surface area contributed by atoms with Gasteiger partial charge < -0.3 is 18.8 Å². The van der Waals surface area contributed by atoms with Crippen molar-refractivity contribution in [2.24, 2.45) is 5.92 Å². The first-order valence-electron chi connectivity index (χ1n) is 11.5. The van der Waals surface area contributed by atoms with Crippen LogP contribution in [0, 0.1) is 5.92 Å². The Balaban J connectivity index is 1.36. The van der Waals surface area contributed by atoms with E-state index in [1.165, 1.54) is 0 Å². The molecule has 0 bridgehead atoms. The summed E-state index contributed by atoms with van der Waals surface area (Å²) in [5, 5.41) is 0. The van der Waals surface area contributed by atoms with Crippen molar-refractivity contribution in [3.8, 4) is 5.75 Å². The Hall–Kier alpha value is -2.93. The SMILES string of the molecule is COc1ccc(C2(C(=O)N3CCOC[C@H](Cc4cn5ccnc5cn4)C3)CCCC2)cc1. The van der Waals surface area contributed by atoms with Gasteiger partial charge in [0.25, 0.3) is 0 Å². The van der Waals surface area contributed by atoms with Crippen LogP contribution >= 0.6 is 0 Å². The molecule has 2 aliphatic rings. The van der Waals surface area contributed by atoms with Gasteiger partial charge in [0.2, 0.25) is 5.91 Å². The topological polar surface area (TPSA) is 69.0 Å². The van der Waals surface area contributed by atoms with Gasteiger partial charge in [-0.05, 0) is 37.0 Å². The number of fused-ring (bicyclic) bond motifs is 1. The van der Waals surface area contributed by atoms with Gasteiger partial charge in [-0.2, -0.15) is 0 Å². The Kier molecular flexibility index (Phi) is 5.83. The van der Waals surface area contributed by atoms with E-state index in [0.29, 0.717) is 26.3 Å². The smallest absolute Gasteiger partial charge is 0.233 e. The number of benzene rings is 1. The van der Waals surface area contributed by atoms with Crippen LogP contribution in [0.1, 0.15) is 36.9 Å². The molecule has 3 aromatic rings. The van der Waals surface area contributed by atoms with Gasteiger partial charge in [0, 0.05) is 37.6 Å². The van der Waals surface area contributed by atoms with Gasteiger partial charge in [0.15, 0.2) is 5.65 Å². The van der Waals surface area contributed by atoms with Crippen LogP contribution in [0.15, 0.2) is 49.1 Å². The number of nitrogens with zero attached hydrogens (tertiary/aromatic N) is 4. The predicted octanol–water partition coefficient (Wildman–Crippen LogP) is 3.27. The first-order chi connectivity index (χ1) is 15.7. The molecule has 5 rings (SSSR count). The van der Waals surface area contributed by atoms with Crippen LogP contribution in [0.3, 0.4) is 0 Å². The van der Waals surface area contributed by atoms with E-state index in [4.69, 9.17) is 9.47 Å². The lowest BCUT2D eigenvalue weighted by Gasteiger charge is -2.35. The molecule has 2 aromatic heterocycles. The average Bonchev–Trinajstić information content (AvgIpc) is 3.45. The molecule has 0 spiro atoms. The summed E-state index contributed by atoms with van der Waals surface area (Å²) in [6, 6.07) is 8.07. The van der Waals surface area contributed by atoms with Gasteiger partial charge >= 0.3 is 0 Å². The van der Waals surface area contributed by atoms with E-state index < -0.39 is 5.41 Å². The van der Waals surface area contributed by atoms with E-state index in [1.807, 2.05) is 33.8 Å². The highest BCUT2D eigenvalue weighted by molar-refractivity contribution is 5.88. The van der Waals surface area contributed by atoms with Crippen molar-refractivity contribution < 1.29 is 14.3 Å². The number of carbonyl (C=O) groups is 1. The first-order valence-corrected chi connectivity index (χ1v) is 11.5. The molecule has 2 fully saturated rings. The molecule has 1 saturated heterocycles. The summed E-state index contributed by atoms with van der Waals surface area (Å²) in [4.78, 5) is 24.9. The number of hydrogen-bond donors (Lipinski definition) is 0. The highest BCUT2D eigenvalue weighted by Gasteiger charge is 2.45. The number of ether oxygens (including phenoxy) is 2. The highest BCUT2D eigenvalue weighted by Crippen LogP contribution is 2.43. The normalized spacial score (nSPS) is 20.9. The third-order valence-corrected chi connectivity index (χ3v) is 6.96. The number of hydrogen-bond acceptors (Lipinski definition) is 5. The molecule has 7 heteroatoms. The Bertz CT molecular complexity index is 1070. The Morgan fingerprint density at radius 1 is 1.22 bits per heavy atom. The molecule has 1 aliphatic heterocycles. The van der Waals surface area contributed by atoms with Gasteiger partial charge in [-0.3, -0.25) is 9.78 Å². The monoisotopic (exact) mass is 434 g/mol. The van der Waals surface area contributed by atoms with Crippen molar-refractivity contribution in [1.82, 2.24) is 19.3 Å². The van der Waals surface area contributed by atoms with Crippen LogP contribution in [0.5, 0.6) is 5.75 Å². The van der Waals surface area contributed by atoms with Crippen LogP contribution in [0.2, 0.25) is 0 Å². The van der Waals surface area contributed by atoms with Crippen LogP contribution in [-0.2, 0) is 21.4 Å². The minimum atomic E-state index is -0.435. The van der Waals surface area contributed by atoms with Gasteiger partial charge in [-0.1, -0.05) is 25.0 Å². The number of rotatable bonds is 5. The molecule has 0 radical (unpaired) electrons. The van der Waals surface area contributed by atoms with Crippen molar-refractivity contribution in [2.75, 3.05) is 33.4 Å². The summed E-state index contributed by atoms with van der Waals surface area (Å²) in [6.45, 7) is 2.56. The molecule has 7 nitrogen and oxygen atoms in total. The fraction of sp³-hybridized carbons (Fsp3) is 0.480. The Labute approximate surface area is 188 Å². The van der Waals surface area contributed by atoms with Crippen LogP contribution in [0.4, 0.5) is 0 Å². The molecule has 0 unspecified atom stereocenters. The summed E-state index contributed by atoms with van der Waals surface area (Å²) >= 11 is 0. The maximum absolute atomic E-state index is 14.0. The molecule has 168 valence electrons. The average molecular weight is 435 g/mol. The third kappa shape index (κ3) is 3.97. The molecule has 1 saturated carbocycles. The van der Waals surface area contributed by atoms with E-state index in [0.717, 1.165) is 54.8 Å². The summed E-state index contributed by atoms with van der Waals surface area (Å²) in [6.07, 6.45) is 12.3. The summed E-state index contributed by atoms with van der Waals surface area (Å²) in [5.41, 5.74) is 2.50. The molecule has 32 heavy (non-hydrogen) atoms. The number of methoxy groups -OCH3 is 1.